The van der Waals surface area contributed by atoms with Crippen molar-refractivity contribution in [3.8, 4) is 11.5 Å². The van der Waals surface area contributed by atoms with Gasteiger partial charge in [-0.2, -0.15) is 0 Å². The molecule has 28 heavy (non-hydrogen) atoms. The first-order valence-electron chi connectivity index (χ1n) is 9.09. The van der Waals surface area contributed by atoms with Crippen LogP contribution in [0.25, 0.3) is 24.3 Å². The molecule has 0 aliphatic rings. The molecule has 3 aromatic carbocycles. The van der Waals surface area contributed by atoms with E-state index in [1.165, 1.54) is 0 Å². The highest BCUT2D eigenvalue weighted by Crippen LogP contribution is 2.17. The number of hydrogen-bond donors (Lipinski definition) is 0. The molecule has 3 nitrogen and oxygen atoms in total. The normalized spacial score (nSPS) is 11.2. The fraction of sp³-hybridized carbons (Fsp3) is 0.120. The van der Waals surface area contributed by atoms with Crippen molar-refractivity contribution in [2.75, 3.05) is 21.0 Å². The molecule has 0 fully saturated rings. The van der Waals surface area contributed by atoms with Crippen molar-refractivity contribution >= 4 is 24.3 Å². The molecule has 0 amide bonds. The zero-order chi connectivity index (χ0) is 19.6. The third-order valence-electron chi connectivity index (χ3n) is 4.21. The minimum atomic E-state index is 0.258. The van der Waals surface area contributed by atoms with Crippen LogP contribution in [0.4, 0.5) is 0 Å². The zero-order valence-corrected chi connectivity index (χ0v) is 16.2. The molecule has 142 valence electrons. The Labute approximate surface area is 166 Å². The van der Waals surface area contributed by atoms with Gasteiger partial charge in [-0.15, -0.1) is 0 Å². The van der Waals surface area contributed by atoms with E-state index in [1.807, 2.05) is 48.5 Å². The fourth-order valence-electron chi connectivity index (χ4n) is 2.62. The average molecular weight is 372 g/mol. The van der Waals surface area contributed by atoms with Gasteiger partial charge in [-0.3, -0.25) is 0 Å². The maximum absolute atomic E-state index is 5.39. The second-order valence-electron chi connectivity index (χ2n) is 6.23. The standard InChI is InChI=1S/C25H24O3/c1-26-19-28-25-17-13-23(14-18-25)10-8-21-5-3-20(4-6-21)7-9-22-11-15-24(27-2)16-12-22/h3-18H,19H2,1-2H3/b9-7+,10-8+. The van der Waals surface area contributed by atoms with Crippen LogP contribution in [0.2, 0.25) is 0 Å². The summed E-state index contributed by atoms with van der Waals surface area (Å²) < 4.78 is 15.5. The molecular weight excluding hydrogens is 348 g/mol. The second-order valence-corrected chi connectivity index (χ2v) is 6.23. The van der Waals surface area contributed by atoms with Gasteiger partial charge in [-0.1, -0.05) is 72.8 Å². The van der Waals surface area contributed by atoms with E-state index < -0.39 is 0 Å². The van der Waals surface area contributed by atoms with Crippen LogP contribution in [0.15, 0.2) is 72.8 Å². The minimum Gasteiger partial charge on any atom is -0.497 e. The van der Waals surface area contributed by atoms with Crippen molar-refractivity contribution in [2.45, 2.75) is 0 Å². The van der Waals surface area contributed by atoms with Gasteiger partial charge in [0.2, 0.25) is 0 Å². The summed E-state index contributed by atoms with van der Waals surface area (Å²) >= 11 is 0. The van der Waals surface area contributed by atoms with Crippen LogP contribution in [0.3, 0.4) is 0 Å². The quantitative estimate of drug-likeness (QED) is 0.357. The first-order valence-corrected chi connectivity index (χ1v) is 9.09. The van der Waals surface area contributed by atoms with Gasteiger partial charge in [0.15, 0.2) is 6.79 Å². The van der Waals surface area contributed by atoms with E-state index in [1.54, 1.807) is 14.2 Å². The van der Waals surface area contributed by atoms with E-state index in [2.05, 4.69) is 48.6 Å². The Morgan fingerprint density at radius 2 is 0.893 bits per heavy atom. The van der Waals surface area contributed by atoms with Gasteiger partial charge in [0.1, 0.15) is 11.5 Å². The lowest BCUT2D eigenvalue weighted by atomic mass is 10.1. The minimum absolute atomic E-state index is 0.258. The molecule has 0 saturated heterocycles. The number of ether oxygens (including phenoxy) is 3. The van der Waals surface area contributed by atoms with Crippen molar-refractivity contribution in [2.24, 2.45) is 0 Å². The van der Waals surface area contributed by atoms with Crippen molar-refractivity contribution in [1.29, 1.82) is 0 Å². The van der Waals surface area contributed by atoms with Crippen molar-refractivity contribution in [3.63, 3.8) is 0 Å². The van der Waals surface area contributed by atoms with Gasteiger partial charge >= 0.3 is 0 Å². The predicted octanol–water partition coefficient (Wildman–Crippen LogP) is 6.02. The molecule has 0 radical (unpaired) electrons. The molecular formula is C25H24O3. The summed E-state index contributed by atoms with van der Waals surface area (Å²) in [5.41, 5.74) is 4.57. The number of rotatable bonds is 8. The van der Waals surface area contributed by atoms with Gasteiger partial charge in [0, 0.05) is 7.11 Å². The average Bonchev–Trinajstić information content (AvgIpc) is 2.76. The van der Waals surface area contributed by atoms with Gasteiger partial charge in [0.05, 0.1) is 7.11 Å². The Morgan fingerprint density at radius 3 is 1.25 bits per heavy atom. The Hall–Kier alpha value is -3.30. The smallest absolute Gasteiger partial charge is 0.188 e. The molecule has 0 aliphatic heterocycles. The fourth-order valence-corrected chi connectivity index (χ4v) is 2.62. The monoisotopic (exact) mass is 372 g/mol. The van der Waals surface area contributed by atoms with E-state index in [0.29, 0.717) is 0 Å². The van der Waals surface area contributed by atoms with Gasteiger partial charge in [-0.05, 0) is 46.5 Å². The zero-order valence-electron chi connectivity index (χ0n) is 16.2. The van der Waals surface area contributed by atoms with E-state index >= 15 is 0 Å². The molecule has 0 aliphatic carbocycles. The van der Waals surface area contributed by atoms with Gasteiger partial charge in [0.25, 0.3) is 0 Å². The molecule has 0 spiro atoms. The van der Waals surface area contributed by atoms with Crippen molar-refractivity contribution in [1.82, 2.24) is 0 Å². The van der Waals surface area contributed by atoms with Crippen LogP contribution in [-0.2, 0) is 4.74 Å². The summed E-state index contributed by atoms with van der Waals surface area (Å²) in [6, 6.07) is 24.4. The first kappa shape index (κ1) is 19.5. The van der Waals surface area contributed by atoms with Crippen LogP contribution in [0, 0.1) is 0 Å². The highest BCUT2D eigenvalue weighted by Gasteiger charge is 1.94. The second kappa shape index (κ2) is 10.1. The molecule has 0 atom stereocenters. The first-order chi connectivity index (χ1) is 13.8. The number of hydrogen-bond acceptors (Lipinski definition) is 3. The molecule has 3 rings (SSSR count). The highest BCUT2D eigenvalue weighted by molar-refractivity contribution is 5.73. The number of methoxy groups -OCH3 is 2. The summed E-state index contributed by atoms with van der Waals surface area (Å²) in [6.07, 6.45) is 8.38. The summed E-state index contributed by atoms with van der Waals surface area (Å²) in [5.74, 6) is 1.66. The van der Waals surface area contributed by atoms with Crippen LogP contribution in [0.5, 0.6) is 11.5 Å². The maximum Gasteiger partial charge on any atom is 0.188 e. The van der Waals surface area contributed by atoms with Gasteiger partial charge in [-0.25, -0.2) is 0 Å². The molecule has 0 saturated carbocycles. The van der Waals surface area contributed by atoms with Crippen LogP contribution in [-0.4, -0.2) is 21.0 Å². The molecule has 0 N–H and O–H groups in total. The lowest BCUT2D eigenvalue weighted by Crippen LogP contribution is -1.98. The summed E-state index contributed by atoms with van der Waals surface area (Å²) in [5, 5.41) is 0. The Bertz CT molecular complexity index is 906. The van der Waals surface area contributed by atoms with Crippen molar-refractivity contribution in [3.05, 3.63) is 95.1 Å². The van der Waals surface area contributed by atoms with Crippen LogP contribution < -0.4 is 9.47 Å². The van der Waals surface area contributed by atoms with E-state index in [9.17, 15) is 0 Å². The SMILES string of the molecule is COCOc1ccc(/C=C/c2ccc(/C=C/c3ccc(OC)cc3)cc2)cc1. The van der Waals surface area contributed by atoms with E-state index in [4.69, 9.17) is 14.2 Å². The molecule has 3 aromatic rings. The number of benzene rings is 3. The highest BCUT2D eigenvalue weighted by atomic mass is 16.7. The van der Waals surface area contributed by atoms with E-state index in [0.717, 1.165) is 33.8 Å². The van der Waals surface area contributed by atoms with Crippen molar-refractivity contribution < 1.29 is 14.2 Å². The molecule has 3 heteroatoms. The molecule has 0 heterocycles. The molecule has 0 bridgehead atoms. The Balaban J connectivity index is 1.58. The molecule has 0 unspecified atom stereocenters. The Morgan fingerprint density at radius 1 is 0.536 bits per heavy atom. The van der Waals surface area contributed by atoms with Crippen LogP contribution >= 0.6 is 0 Å². The lowest BCUT2D eigenvalue weighted by molar-refractivity contribution is 0.0511. The molecule has 0 aromatic heterocycles. The third-order valence-corrected chi connectivity index (χ3v) is 4.21. The summed E-state index contributed by atoms with van der Waals surface area (Å²) in [7, 11) is 3.28. The van der Waals surface area contributed by atoms with Crippen LogP contribution in [0.1, 0.15) is 22.3 Å². The summed E-state index contributed by atoms with van der Waals surface area (Å²) in [4.78, 5) is 0. The lowest BCUT2D eigenvalue weighted by Gasteiger charge is -2.04. The largest absolute Gasteiger partial charge is 0.497 e. The summed E-state index contributed by atoms with van der Waals surface area (Å²) in [6.45, 7) is 0.258. The third kappa shape index (κ3) is 5.86. The Kier molecular flexibility index (Phi) is 7.05. The van der Waals surface area contributed by atoms with Gasteiger partial charge < -0.3 is 14.2 Å². The maximum atomic E-state index is 5.39. The predicted molar refractivity (Wildman–Crippen MR) is 116 cm³/mol. The van der Waals surface area contributed by atoms with E-state index in [-0.39, 0.29) is 6.79 Å². The topological polar surface area (TPSA) is 27.7 Å².